The molecule has 0 saturated carbocycles. The molecule has 0 bridgehead atoms. The molecule has 2 heterocycles. The largest absolute Gasteiger partial charge is 0.484 e. The third-order valence-electron chi connectivity index (χ3n) is 5.91. The Hall–Kier alpha value is -3.69. The number of sulfonamides is 1. The number of carbonyl (C=O) groups excluding carboxylic acids is 1. The smallest absolute Gasteiger partial charge is 0.336 e. The summed E-state index contributed by atoms with van der Waals surface area (Å²) in [5, 5.41) is 2.59. The summed E-state index contributed by atoms with van der Waals surface area (Å²) in [6, 6.07) is 20.7. The van der Waals surface area contributed by atoms with Gasteiger partial charge in [0, 0.05) is 43.7 Å². The van der Waals surface area contributed by atoms with Gasteiger partial charge in [0.25, 0.3) is 5.91 Å². The molecule has 1 amide bonds. The number of fused-ring (bicyclic) bond motifs is 2. The number of ether oxygens (including phenoxy) is 1. The summed E-state index contributed by atoms with van der Waals surface area (Å²) in [5.74, 6) is 0.171. The topological polar surface area (TPSA) is 97.1 Å². The lowest BCUT2D eigenvalue weighted by atomic mass is 10.1. The van der Waals surface area contributed by atoms with Crippen LogP contribution in [-0.4, -0.2) is 56.3 Å². The van der Waals surface area contributed by atoms with E-state index in [2.05, 4.69) is 0 Å². The van der Waals surface area contributed by atoms with Gasteiger partial charge in [-0.05, 0) is 41.1 Å². The summed E-state index contributed by atoms with van der Waals surface area (Å²) in [7, 11) is -3.65. The van der Waals surface area contributed by atoms with Crippen LogP contribution in [0.1, 0.15) is 0 Å². The van der Waals surface area contributed by atoms with E-state index in [1.54, 1.807) is 47.4 Å². The fourth-order valence-electron chi connectivity index (χ4n) is 4.02. The van der Waals surface area contributed by atoms with Crippen molar-refractivity contribution in [1.82, 2.24) is 9.21 Å². The van der Waals surface area contributed by atoms with E-state index in [1.165, 1.54) is 10.4 Å². The van der Waals surface area contributed by atoms with Gasteiger partial charge in [0.05, 0.1) is 4.90 Å². The van der Waals surface area contributed by atoms with Gasteiger partial charge in [-0.15, -0.1) is 0 Å². The molecule has 1 aromatic heterocycles. The average molecular weight is 479 g/mol. The summed E-state index contributed by atoms with van der Waals surface area (Å²) >= 11 is 0. The van der Waals surface area contributed by atoms with Crippen molar-refractivity contribution in [3.05, 3.63) is 83.2 Å². The number of nitrogens with zero attached hydrogens (tertiary/aromatic N) is 2. The van der Waals surface area contributed by atoms with E-state index in [0.29, 0.717) is 11.3 Å². The van der Waals surface area contributed by atoms with Crippen LogP contribution in [0.5, 0.6) is 5.75 Å². The molecule has 8 nitrogen and oxygen atoms in total. The maximum absolute atomic E-state index is 13.1. The summed E-state index contributed by atoms with van der Waals surface area (Å²) in [6.45, 7) is 0.785. The number of rotatable bonds is 5. The Kier molecular flexibility index (Phi) is 5.80. The summed E-state index contributed by atoms with van der Waals surface area (Å²) in [5.41, 5.74) is -0.0813. The van der Waals surface area contributed by atoms with Crippen molar-refractivity contribution in [3.8, 4) is 5.75 Å². The van der Waals surface area contributed by atoms with Crippen molar-refractivity contribution in [3.63, 3.8) is 0 Å². The van der Waals surface area contributed by atoms with Crippen LogP contribution in [0, 0.1) is 0 Å². The Morgan fingerprint density at radius 2 is 1.56 bits per heavy atom. The van der Waals surface area contributed by atoms with Crippen LogP contribution in [0.4, 0.5) is 0 Å². The van der Waals surface area contributed by atoms with Gasteiger partial charge in [0.2, 0.25) is 10.0 Å². The van der Waals surface area contributed by atoms with Gasteiger partial charge in [-0.3, -0.25) is 4.79 Å². The van der Waals surface area contributed by atoms with Gasteiger partial charge in [-0.25, -0.2) is 13.2 Å². The zero-order chi connectivity index (χ0) is 23.7. The highest BCUT2D eigenvalue weighted by Gasteiger charge is 2.30. The zero-order valence-electron chi connectivity index (χ0n) is 18.2. The molecular weight excluding hydrogens is 456 g/mol. The number of hydrogen-bond donors (Lipinski definition) is 0. The molecule has 34 heavy (non-hydrogen) atoms. The SMILES string of the molecule is O=C(COc1ccc2ccc(=O)oc2c1)N1CCN(S(=O)(=O)c2ccc3ccccc3c2)CC1. The number of amides is 1. The Morgan fingerprint density at radius 1 is 0.853 bits per heavy atom. The first-order valence-electron chi connectivity index (χ1n) is 10.8. The van der Waals surface area contributed by atoms with E-state index in [9.17, 15) is 18.0 Å². The maximum Gasteiger partial charge on any atom is 0.336 e. The van der Waals surface area contributed by atoms with Crippen molar-refractivity contribution >= 4 is 37.7 Å². The molecular formula is C25H22N2O6S. The molecule has 1 fully saturated rings. The highest BCUT2D eigenvalue weighted by molar-refractivity contribution is 7.89. The second kappa shape index (κ2) is 8.92. The summed E-state index contributed by atoms with van der Waals surface area (Å²) in [4.78, 5) is 25.9. The number of carbonyl (C=O) groups is 1. The Labute approximate surface area is 196 Å². The number of piperazine rings is 1. The van der Waals surface area contributed by atoms with Crippen LogP contribution in [-0.2, 0) is 14.8 Å². The van der Waals surface area contributed by atoms with E-state index >= 15 is 0 Å². The van der Waals surface area contributed by atoms with Gasteiger partial charge >= 0.3 is 5.63 Å². The molecule has 0 spiro atoms. The second-order valence-electron chi connectivity index (χ2n) is 8.04. The van der Waals surface area contributed by atoms with E-state index in [4.69, 9.17) is 9.15 Å². The lowest BCUT2D eigenvalue weighted by molar-refractivity contribution is -0.134. The molecule has 0 N–H and O–H groups in total. The predicted octanol–water partition coefficient (Wildman–Crippen LogP) is 2.86. The van der Waals surface area contributed by atoms with Crippen LogP contribution < -0.4 is 10.4 Å². The zero-order valence-corrected chi connectivity index (χ0v) is 19.0. The highest BCUT2D eigenvalue weighted by Crippen LogP contribution is 2.23. The van der Waals surface area contributed by atoms with Crippen LogP contribution in [0.2, 0.25) is 0 Å². The monoisotopic (exact) mass is 478 g/mol. The normalized spacial score (nSPS) is 15.0. The molecule has 0 atom stereocenters. The van der Waals surface area contributed by atoms with Gasteiger partial charge in [0.15, 0.2) is 6.61 Å². The Balaban J connectivity index is 1.20. The average Bonchev–Trinajstić information content (AvgIpc) is 2.86. The lowest BCUT2D eigenvalue weighted by Crippen LogP contribution is -2.51. The highest BCUT2D eigenvalue weighted by atomic mass is 32.2. The Bertz CT molecular complexity index is 1540. The Morgan fingerprint density at radius 3 is 2.35 bits per heavy atom. The molecule has 0 radical (unpaired) electrons. The minimum absolute atomic E-state index is 0.194. The van der Waals surface area contributed by atoms with Crippen molar-refractivity contribution < 1.29 is 22.4 Å². The quantitative estimate of drug-likeness (QED) is 0.409. The molecule has 4 aromatic rings. The number of hydrogen-bond acceptors (Lipinski definition) is 6. The van der Waals surface area contributed by atoms with E-state index in [-0.39, 0.29) is 43.6 Å². The fourth-order valence-corrected chi connectivity index (χ4v) is 5.48. The van der Waals surface area contributed by atoms with Crippen molar-refractivity contribution in [1.29, 1.82) is 0 Å². The first kappa shape index (κ1) is 22.1. The third kappa shape index (κ3) is 4.40. The van der Waals surface area contributed by atoms with Gasteiger partial charge in [-0.1, -0.05) is 30.3 Å². The third-order valence-corrected chi connectivity index (χ3v) is 7.80. The molecule has 0 unspecified atom stereocenters. The van der Waals surface area contributed by atoms with Gasteiger partial charge in [-0.2, -0.15) is 4.31 Å². The lowest BCUT2D eigenvalue weighted by Gasteiger charge is -2.34. The summed E-state index contributed by atoms with van der Waals surface area (Å²) in [6.07, 6.45) is 0. The van der Waals surface area contributed by atoms with E-state index < -0.39 is 15.6 Å². The second-order valence-corrected chi connectivity index (χ2v) is 9.97. The first-order valence-corrected chi connectivity index (χ1v) is 12.3. The van der Waals surface area contributed by atoms with Crippen LogP contribution >= 0.6 is 0 Å². The predicted molar refractivity (Wildman–Crippen MR) is 127 cm³/mol. The van der Waals surface area contributed by atoms with E-state index in [1.807, 2.05) is 24.3 Å². The van der Waals surface area contributed by atoms with Crippen molar-refractivity contribution in [2.45, 2.75) is 4.90 Å². The fraction of sp³-hybridized carbons (Fsp3) is 0.200. The number of benzene rings is 3. The molecule has 1 aliphatic heterocycles. The summed E-state index contributed by atoms with van der Waals surface area (Å²) < 4.78 is 38.4. The van der Waals surface area contributed by atoms with E-state index in [0.717, 1.165) is 16.2 Å². The van der Waals surface area contributed by atoms with Crippen molar-refractivity contribution in [2.24, 2.45) is 0 Å². The molecule has 1 aliphatic rings. The molecule has 1 saturated heterocycles. The molecule has 3 aromatic carbocycles. The molecule has 5 rings (SSSR count). The molecule has 9 heteroatoms. The minimum Gasteiger partial charge on any atom is -0.484 e. The standard InChI is InChI=1S/C25H22N2O6S/c28-24(17-32-21-8-5-19-7-10-25(29)33-23(19)16-21)26-11-13-27(14-12-26)34(30,31)22-9-6-18-3-1-2-4-20(18)15-22/h1-10,15-16H,11-14,17H2. The van der Waals surface area contributed by atoms with Gasteiger partial charge < -0.3 is 14.1 Å². The van der Waals surface area contributed by atoms with Crippen LogP contribution in [0.15, 0.2) is 86.9 Å². The molecule has 0 aliphatic carbocycles. The van der Waals surface area contributed by atoms with Crippen LogP contribution in [0.25, 0.3) is 21.7 Å². The van der Waals surface area contributed by atoms with Gasteiger partial charge in [0.1, 0.15) is 11.3 Å². The van der Waals surface area contributed by atoms with Crippen LogP contribution in [0.3, 0.4) is 0 Å². The maximum atomic E-state index is 13.1. The minimum atomic E-state index is -3.65. The van der Waals surface area contributed by atoms with Crippen molar-refractivity contribution in [2.75, 3.05) is 32.8 Å². The molecule has 174 valence electrons. The first-order chi connectivity index (χ1) is 16.4.